The number of carbonyl (C=O) groups excluding carboxylic acids is 1. The Morgan fingerprint density at radius 3 is 2.56 bits per heavy atom. The standard InChI is InChI=1S/C17H22FNO6/c1-17(2,3)25-16(23)19-7-6-13(12(20)9-19)24-14-8-10(18)4-5-11(14)15(21)22/h4-5,8,12-13,20H,6-7,9H2,1-3H3,(H,21,22)/t12-,13-/m1/s1. The van der Waals surface area contributed by atoms with Gasteiger partial charge in [-0.15, -0.1) is 0 Å². The molecule has 25 heavy (non-hydrogen) atoms. The summed E-state index contributed by atoms with van der Waals surface area (Å²) in [6, 6.07) is 3.10. The Morgan fingerprint density at radius 2 is 2.00 bits per heavy atom. The SMILES string of the molecule is CC(C)(C)OC(=O)N1CC[C@@H](Oc2cc(F)ccc2C(=O)O)[C@H](O)C1. The van der Waals surface area contributed by atoms with Gasteiger partial charge in [0.2, 0.25) is 0 Å². The van der Waals surface area contributed by atoms with Crippen molar-refractivity contribution in [1.82, 2.24) is 4.90 Å². The molecule has 1 aliphatic heterocycles. The number of aliphatic hydroxyl groups is 1. The summed E-state index contributed by atoms with van der Waals surface area (Å²) in [5, 5.41) is 19.4. The number of hydrogen-bond acceptors (Lipinski definition) is 5. The smallest absolute Gasteiger partial charge is 0.410 e. The molecule has 1 aromatic carbocycles. The number of carboxylic acid groups (broad SMARTS) is 1. The first-order valence-electron chi connectivity index (χ1n) is 7.92. The average Bonchev–Trinajstić information content (AvgIpc) is 2.47. The Morgan fingerprint density at radius 1 is 1.32 bits per heavy atom. The molecule has 2 atom stereocenters. The number of likely N-dealkylation sites (tertiary alicyclic amines) is 1. The van der Waals surface area contributed by atoms with Crippen molar-refractivity contribution in [3.05, 3.63) is 29.6 Å². The van der Waals surface area contributed by atoms with Crippen molar-refractivity contribution in [3.8, 4) is 5.75 Å². The van der Waals surface area contributed by atoms with Gasteiger partial charge in [0.15, 0.2) is 0 Å². The molecule has 7 nitrogen and oxygen atoms in total. The maximum absolute atomic E-state index is 13.4. The predicted octanol–water partition coefficient (Wildman–Crippen LogP) is 2.27. The first kappa shape index (κ1) is 19.0. The summed E-state index contributed by atoms with van der Waals surface area (Å²) < 4.78 is 24.2. The van der Waals surface area contributed by atoms with Crippen LogP contribution >= 0.6 is 0 Å². The molecule has 1 aromatic rings. The molecule has 1 fully saturated rings. The number of amides is 1. The molecule has 0 aliphatic carbocycles. The van der Waals surface area contributed by atoms with Gasteiger partial charge in [-0.1, -0.05) is 0 Å². The molecule has 0 bridgehead atoms. The van der Waals surface area contributed by atoms with Crippen LogP contribution in [0, 0.1) is 5.82 Å². The second kappa shape index (κ2) is 7.26. The molecule has 0 spiro atoms. The Bertz CT molecular complexity index is 657. The van der Waals surface area contributed by atoms with Gasteiger partial charge in [0.1, 0.15) is 34.9 Å². The van der Waals surface area contributed by atoms with E-state index in [-0.39, 0.29) is 30.8 Å². The van der Waals surface area contributed by atoms with Gasteiger partial charge in [-0.25, -0.2) is 14.0 Å². The van der Waals surface area contributed by atoms with Gasteiger partial charge in [0.05, 0.1) is 6.54 Å². The molecule has 0 unspecified atom stereocenters. The fourth-order valence-electron chi connectivity index (χ4n) is 2.47. The summed E-state index contributed by atoms with van der Waals surface area (Å²) in [5.74, 6) is -2.04. The van der Waals surface area contributed by atoms with E-state index >= 15 is 0 Å². The number of aliphatic hydroxyl groups excluding tert-OH is 1. The van der Waals surface area contributed by atoms with Crippen molar-refractivity contribution in [2.75, 3.05) is 13.1 Å². The first-order chi connectivity index (χ1) is 11.6. The van der Waals surface area contributed by atoms with Crippen molar-refractivity contribution in [2.45, 2.75) is 45.0 Å². The summed E-state index contributed by atoms with van der Waals surface area (Å²) in [5.41, 5.74) is -0.837. The molecule has 2 N–H and O–H groups in total. The quantitative estimate of drug-likeness (QED) is 0.863. The molecule has 1 heterocycles. The zero-order chi connectivity index (χ0) is 18.8. The van der Waals surface area contributed by atoms with Crippen LogP contribution in [-0.4, -0.2) is 58.1 Å². The zero-order valence-electron chi connectivity index (χ0n) is 14.4. The third kappa shape index (κ3) is 5.06. The van der Waals surface area contributed by atoms with E-state index < -0.39 is 35.7 Å². The van der Waals surface area contributed by atoms with Gasteiger partial charge in [0, 0.05) is 19.0 Å². The van der Waals surface area contributed by atoms with Crippen molar-refractivity contribution >= 4 is 12.1 Å². The number of hydrogen-bond donors (Lipinski definition) is 2. The predicted molar refractivity (Wildman–Crippen MR) is 86.2 cm³/mol. The summed E-state index contributed by atoms with van der Waals surface area (Å²) in [6.45, 7) is 5.49. The van der Waals surface area contributed by atoms with Crippen LogP contribution in [0.25, 0.3) is 0 Å². The van der Waals surface area contributed by atoms with E-state index in [4.69, 9.17) is 14.6 Å². The van der Waals surface area contributed by atoms with Crippen LogP contribution in [0.1, 0.15) is 37.6 Å². The lowest BCUT2D eigenvalue weighted by molar-refractivity contribution is -0.0377. The maximum Gasteiger partial charge on any atom is 0.410 e. The molecule has 138 valence electrons. The molecule has 8 heteroatoms. The van der Waals surface area contributed by atoms with Crippen LogP contribution in [0.4, 0.5) is 9.18 Å². The third-order valence-electron chi connectivity index (χ3n) is 3.62. The minimum Gasteiger partial charge on any atom is -0.487 e. The Balaban J connectivity index is 2.04. The van der Waals surface area contributed by atoms with Crippen LogP contribution in [0.3, 0.4) is 0 Å². The van der Waals surface area contributed by atoms with Crippen LogP contribution in [0.15, 0.2) is 18.2 Å². The van der Waals surface area contributed by atoms with E-state index in [1.165, 1.54) is 4.90 Å². The van der Waals surface area contributed by atoms with Crippen molar-refractivity contribution in [3.63, 3.8) is 0 Å². The lowest BCUT2D eigenvalue weighted by Crippen LogP contribution is -2.52. The topological polar surface area (TPSA) is 96.3 Å². The number of rotatable bonds is 3. The van der Waals surface area contributed by atoms with Crippen LogP contribution < -0.4 is 4.74 Å². The van der Waals surface area contributed by atoms with E-state index in [2.05, 4.69) is 0 Å². The Kier molecular flexibility index (Phi) is 5.52. The highest BCUT2D eigenvalue weighted by molar-refractivity contribution is 5.90. The average molecular weight is 355 g/mol. The number of benzene rings is 1. The molecular formula is C17H22FNO6. The van der Waals surface area contributed by atoms with E-state index in [0.29, 0.717) is 0 Å². The normalized spacial score (nSPS) is 20.9. The minimum atomic E-state index is -1.25. The fraction of sp³-hybridized carbons (Fsp3) is 0.529. The van der Waals surface area contributed by atoms with Crippen LogP contribution in [0.5, 0.6) is 5.75 Å². The summed E-state index contributed by atoms with van der Waals surface area (Å²) in [4.78, 5) is 24.6. The summed E-state index contributed by atoms with van der Waals surface area (Å²) in [7, 11) is 0. The zero-order valence-corrected chi connectivity index (χ0v) is 14.4. The molecule has 1 amide bonds. The number of piperidine rings is 1. The van der Waals surface area contributed by atoms with E-state index in [9.17, 15) is 19.1 Å². The van der Waals surface area contributed by atoms with Crippen molar-refractivity contribution in [1.29, 1.82) is 0 Å². The fourth-order valence-corrected chi connectivity index (χ4v) is 2.47. The summed E-state index contributed by atoms with van der Waals surface area (Å²) >= 11 is 0. The van der Waals surface area contributed by atoms with E-state index in [0.717, 1.165) is 18.2 Å². The number of ether oxygens (including phenoxy) is 2. The maximum atomic E-state index is 13.4. The monoisotopic (exact) mass is 355 g/mol. The van der Waals surface area contributed by atoms with Crippen molar-refractivity contribution < 1.29 is 33.7 Å². The minimum absolute atomic E-state index is 0.0166. The number of carbonyl (C=O) groups is 2. The van der Waals surface area contributed by atoms with Gasteiger partial charge in [-0.2, -0.15) is 0 Å². The molecule has 0 saturated carbocycles. The number of carboxylic acids is 1. The van der Waals surface area contributed by atoms with Gasteiger partial charge in [0.25, 0.3) is 0 Å². The van der Waals surface area contributed by atoms with E-state index in [1.54, 1.807) is 20.8 Å². The molecule has 0 aromatic heterocycles. The highest BCUT2D eigenvalue weighted by Gasteiger charge is 2.34. The number of halogens is 1. The number of nitrogens with zero attached hydrogens (tertiary/aromatic N) is 1. The molecule has 1 saturated heterocycles. The molecular weight excluding hydrogens is 333 g/mol. The third-order valence-corrected chi connectivity index (χ3v) is 3.62. The highest BCUT2D eigenvalue weighted by Crippen LogP contribution is 2.25. The molecule has 1 aliphatic rings. The van der Waals surface area contributed by atoms with Crippen molar-refractivity contribution in [2.24, 2.45) is 0 Å². The second-order valence-corrected chi connectivity index (χ2v) is 6.88. The molecule has 0 radical (unpaired) electrons. The van der Waals surface area contributed by atoms with Crippen LogP contribution in [0.2, 0.25) is 0 Å². The Hall–Kier alpha value is -2.35. The Labute approximate surface area is 145 Å². The van der Waals surface area contributed by atoms with Gasteiger partial charge in [-0.3, -0.25) is 0 Å². The number of β-amino-alcohol motifs (C(OH)–C–C–N with tert-alkyl or cyclic N) is 1. The first-order valence-corrected chi connectivity index (χ1v) is 7.92. The molecule has 2 rings (SSSR count). The largest absolute Gasteiger partial charge is 0.487 e. The highest BCUT2D eigenvalue weighted by atomic mass is 19.1. The van der Waals surface area contributed by atoms with Gasteiger partial charge in [-0.05, 0) is 32.9 Å². The van der Waals surface area contributed by atoms with E-state index in [1.807, 2.05) is 0 Å². The summed E-state index contributed by atoms with van der Waals surface area (Å²) in [6.07, 6.45) is -2.08. The number of aromatic carboxylic acids is 1. The lowest BCUT2D eigenvalue weighted by Gasteiger charge is -2.36. The second-order valence-electron chi connectivity index (χ2n) is 6.88. The van der Waals surface area contributed by atoms with Gasteiger partial charge < -0.3 is 24.6 Å². The van der Waals surface area contributed by atoms with Gasteiger partial charge >= 0.3 is 12.1 Å². The lowest BCUT2D eigenvalue weighted by atomic mass is 10.0. The van der Waals surface area contributed by atoms with Crippen LogP contribution in [-0.2, 0) is 4.74 Å².